The number of halogens is 5. The van der Waals surface area contributed by atoms with Crippen LogP contribution >= 0.6 is 0 Å². The predicted molar refractivity (Wildman–Crippen MR) is 114 cm³/mol. The standard InChI is InChI=1S/C22H22F5NO6S/c1-21(2,3)33-20(30)28-17(11-12-18(29)19-15(23)5-4-6-16(19)24)13-7-9-14(10-8-13)34-35(31,32)22(25,26)27/h4-10,17H,11-12H2,1-3H3,(H,28,30)/t17-/m1/s1. The van der Waals surface area contributed by atoms with Crippen LogP contribution in [0.4, 0.5) is 26.7 Å². The predicted octanol–water partition coefficient (Wildman–Crippen LogP) is 5.42. The molecule has 0 aliphatic heterocycles. The van der Waals surface area contributed by atoms with Gasteiger partial charge in [0.2, 0.25) is 0 Å². The summed E-state index contributed by atoms with van der Waals surface area (Å²) in [5.41, 5.74) is -7.03. The third kappa shape index (κ3) is 7.91. The molecule has 1 amide bonds. The van der Waals surface area contributed by atoms with Crippen molar-refractivity contribution < 1.29 is 48.9 Å². The van der Waals surface area contributed by atoms with E-state index in [-0.39, 0.29) is 12.0 Å². The summed E-state index contributed by atoms with van der Waals surface area (Å²) in [7, 11) is -5.89. The van der Waals surface area contributed by atoms with Gasteiger partial charge in [-0.25, -0.2) is 13.6 Å². The van der Waals surface area contributed by atoms with Crippen LogP contribution in [0.5, 0.6) is 5.75 Å². The monoisotopic (exact) mass is 523 g/mol. The van der Waals surface area contributed by atoms with Crippen molar-refractivity contribution in [2.45, 2.75) is 50.8 Å². The van der Waals surface area contributed by atoms with Crippen LogP contribution in [0.25, 0.3) is 0 Å². The van der Waals surface area contributed by atoms with Crippen molar-refractivity contribution in [1.82, 2.24) is 5.32 Å². The van der Waals surface area contributed by atoms with Gasteiger partial charge in [-0.1, -0.05) is 18.2 Å². The normalized spacial score (nSPS) is 13.1. The SMILES string of the molecule is CC(C)(C)OC(=O)N[C@H](CCC(=O)c1c(F)cccc1F)c1ccc(OS(=O)(=O)C(F)(F)F)cc1. The average molecular weight is 523 g/mol. The molecule has 35 heavy (non-hydrogen) atoms. The van der Waals surface area contributed by atoms with E-state index in [1.807, 2.05) is 0 Å². The lowest BCUT2D eigenvalue weighted by Crippen LogP contribution is -2.35. The van der Waals surface area contributed by atoms with Gasteiger partial charge in [0, 0.05) is 6.42 Å². The molecule has 0 aliphatic rings. The van der Waals surface area contributed by atoms with Gasteiger partial charge in [0.15, 0.2) is 5.78 Å². The number of hydrogen-bond acceptors (Lipinski definition) is 6. The Hall–Kier alpha value is -3.22. The zero-order valence-corrected chi connectivity index (χ0v) is 19.6. The van der Waals surface area contributed by atoms with E-state index in [1.54, 1.807) is 20.8 Å². The summed E-state index contributed by atoms with van der Waals surface area (Å²) in [4.78, 5) is 24.7. The van der Waals surface area contributed by atoms with E-state index in [2.05, 4.69) is 9.50 Å². The smallest absolute Gasteiger partial charge is 0.444 e. The number of carbonyl (C=O) groups is 2. The highest BCUT2D eigenvalue weighted by molar-refractivity contribution is 7.88. The highest BCUT2D eigenvalue weighted by Gasteiger charge is 2.48. The van der Waals surface area contributed by atoms with E-state index in [1.165, 1.54) is 0 Å². The maximum Gasteiger partial charge on any atom is 0.534 e. The second kappa shape index (κ2) is 10.6. The Morgan fingerprint density at radius 1 is 0.971 bits per heavy atom. The molecule has 2 aromatic carbocycles. The first-order valence-corrected chi connectivity index (χ1v) is 11.5. The molecule has 0 unspecified atom stereocenters. The number of alkyl carbamates (subject to hydrolysis) is 1. The molecular weight excluding hydrogens is 501 g/mol. The quantitative estimate of drug-likeness (QED) is 0.215. The summed E-state index contributed by atoms with van der Waals surface area (Å²) in [5, 5.41) is 2.48. The molecule has 2 aromatic rings. The summed E-state index contributed by atoms with van der Waals surface area (Å²) < 4.78 is 96.9. The molecule has 1 atom stereocenters. The van der Waals surface area contributed by atoms with E-state index in [4.69, 9.17) is 4.74 Å². The molecule has 1 N–H and O–H groups in total. The summed E-state index contributed by atoms with van der Waals surface area (Å²) in [6.45, 7) is 4.79. The minimum absolute atomic E-state index is 0.174. The second-order valence-electron chi connectivity index (χ2n) is 8.31. The Kier molecular flexibility index (Phi) is 8.47. The Morgan fingerprint density at radius 3 is 2.00 bits per heavy atom. The number of hydrogen-bond donors (Lipinski definition) is 1. The summed E-state index contributed by atoms with van der Waals surface area (Å²) >= 11 is 0. The summed E-state index contributed by atoms with van der Waals surface area (Å²) in [6.07, 6.45) is -1.49. The molecule has 0 saturated heterocycles. The number of amides is 1. The maximum absolute atomic E-state index is 13.9. The van der Waals surface area contributed by atoms with Crippen LogP contribution in [0, 0.1) is 11.6 Å². The topological polar surface area (TPSA) is 98.8 Å². The van der Waals surface area contributed by atoms with Gasteiger partial charge >= 0.3 is 21.7 Å². The molecule has 2 rings (SSSR count). The van der Waals surface area contributed by atoms with Crippen LogP contribution in [0.2, 0.25) is 0 Å². The third-order valence-electron chi connectivity index (χ3n) is 4.36. The van der Waals surface area contributed by atoms with Crippen molar-refractivity contribution in [3.63, 3.8) is 0 Å². The number of Topliss-reactive ketones (excluding diaryl/α,β-unsaturated/α-hetero) is 1. The Morgan fingerprint density at radius 2 is 1.51 bits per heavy atom. The molecule has 0 heterocycles. The van der Waals surface area contributed by atoms with Crippen LogP contribution in [0.3, 0.4) is 0 Å². The molecule has 0 aromatic heterocycles. The van der Waals surface area contributed by atoms with Crippen molar-refractivity contribution in [2.24, 2.45) is 0 Å². The van der Waals surface area contributed by atoms with Gasteiger partial charge in [-0.3, -0.25) is 4.79 Å². The lowest BCUT2D eigenvalue weighted by molar-refractivity contribution is -0.0500. The lowest BCUT2D eigenvalue weighted by atomic mass is 9.97. The molecule has 0 radical (unpaired) electrons. The van der Waals surface area contributed by atoms with E-state index in [0.717, 1.165) is 42.5 Å². The second-order valence-corrected chi connectivity index (χ2v) is 9.85. The zero-order valence-electron chi connectivity index (χ0n) is 18.8. The molecule has 7 nitrogen and oxygen atoms in total. The minimum atomic E-state index is -5.89. The molecular formula is C22H22F5NO6S. The Labute approximate surface area is 198 Å². The number of ether oxygens (including phenoxy) is 1. The van der Waals surface area contributed by atoms with Crippen molar-refractivity contribution >= 4 is 22.0 Å². The van der Waals surface area contributed by atoms with E-state index < -0.39 is 68.5 Å². The van der Waals surface area contributed by atoms with Gasteiger partial charge in [-0.15, -0.1) is 0 Å². The fourth-order valence-corrected chi connectivity index (χ4v) is 3.33. The first-order chi connectivity index (χ1) is 16.0. The molecule has 0 fully saturated rings. The third-order valence-corrected chi connectivity index (χ3v) is 5.34. The minimum Gasteiger partial charge on any atom is -0.444 e. The number of alkyl halides is 3. The van der Waals surface area contributed by atoms with Crippen LogP contribution in [-0.4, -0.2) is 31.4 Å². The molecule has 0 aliphatic carbocycles. The molecule has 0 saturated carbocycles. The number of carbonyl (C=O) groups excluding carboxylic acids is 2. The Bertz CT molecular complexity index is 1150. The van der Waals surface area contributed by atoms with Gasteiger partial charge in [-0.2, -0.15) is 21.6 Å². The van der Waals surface area contributed by atoms with Crippen LogP contribution in [-0.2, 0) is 14.9 Å². The molecule has 0 bridgehead atoms. The van der Waals surface area contributed by atoms with Crippen molar-refractivity contribution in [1.29, 1.82) is 0 Å². The van der Waals surface area contributed by atoms with Crippen molar-refractivity contribution in [2.75, 3.05) is 0 Å². The van der Waals surface area contributed by atoms with E-state index in [0.29, 0.717) is 0 Å². The van der Waals surface area contributed by atoms with Gasteiger partial charge in [0.25, 0.3) is 0 Å². The largest absolute Gasteiger partial charge is 0.534 e. The fraction of sp³-hybridized carbons (Fsp3) is 0.364. The lowest BCUT2D eigenvalue weighted by Gasteiger charge is -2.24. The van der Waals surface area contributed by atoms with Crippen LogP contribution < -0.4 is 9.50 Å². The van der Waals surface area contributed by atoms with Gasteiger partial charge < -0.3 is 14.2 Å². The van der Waals surface area contributed by atoms with Gasteiger partial charge in [-0.05, 0) is 57.0 Å². The highest BCUT2D eigenvalue weighted by Crippen LogP contribution is 2.29. The van der Waals surface area contributed by atoms with E-state index in [9.17, 15) is 40.0 Å². The van der Waals surface area contributed by atoms with Crippen LogP contribution in [0.1, 0.15) is 55.6 Å². The molecule has 192 valence electrons. The number of benzene rings is 2. The average Bonchev–Trinajstić information content (AvgIpc) is 2.69. The maximum atomic E-state index is 13.9. The summed E-state index contributed by atoms with van der Waals surface area (Å²) in [6, 6.07) is 6.10. The zero-order chi connectivity index (χ0) is 26.6. The molecule has 0 spiro atoms. The van der Waals surface area contributed by atoms with Crippen molar-refractivity contribution in [3.05, 3.63) is 65.2 Å². The Balaban J connectivity index is 2.25. The highest BCUT2D eigenvalue weighted by atomic mass is 32.2. The van der Waals surface area contributed by atoms with Crippen molar-refractivity contribution in [3.8, 4) is 5.75 Å². The summed E-state index contributed by atoms with van der Waals surface area (Å²) in [5.74, 6) is -3.64. The van der Waals surface area contributed by atoms with Crippen LogP contribution in [0.15, 0.2) is 42.5 Å². The first-order valence-electron chi connectivity index (χ1n) is 10.1. The van der Waals surface area contributed by atoms with Gasteiger partial charge in [0.1, 0.15) is 23.0 Å². The molecule has 13 heteroatoms. The van der Waals surface area contributed by atoms with Gasteiger partial charge in [0.05, 0.1) is 11.6 Å². The van der Waals surface area contributed by atoms with E-state index >= 15 is 0 Å². The first kappa shape index (κ1) is 28.0. The number of rotatable bonds is 8. The fourth-order valence-electron chi connectivity index (χ4n) is 2.87. The number of nitrogens with one attached hydrogen (secondary N) is 1. The number of ketones is 1.